The molecule has 0 saturated carbocycles. The molecule has 0 radical (unpaired) electrons. The van der Waals surface area contributed by atoms with Crippen LogP contribution in [-0.2, 0) is 6.18 Å². The summed E-state index contributed by atoms with van der Waals surface area (Å²) in [5.41, 5.74) is 1.02. The van der Waals surface area contributed by atoms with E-state index >= 15 is 0 Å². The van der Waals surface area contributed by atoms with E-state index in [1.807, 2.05) is 0 Å². The SMILES string of the molecule is FC(F)(F)c1nc2ccccc2n1[C@H]1C[C@H]2CC[C@@H](C1)N2. The quantitative estimate of drug-likeness (QED) is 0.872. The van der Waals surface area contributed by atoms with Crippen LogP contribution in [-0.4, -0.2) is 21.6 Å². The third-order valence-corrected chi connectivity index (χ3v) is 4.66. The number of piperidine rings is 1. The first-order chi connectivity index (χ1) is 10.0. The summed E-state index contributed by atoms with van der Waals surface area (Å²) in [6.45, 7) is 0. The van der Waals surface area contributed by atoms with Crippen molar-refractivity contribution in [1.82, 2.24) is 14.9 Å². The van der Waals surface area contributed by atoms with E-state index in [4.69, 9.17) is 0 Å². The Morgan fingerprint density at radius 1 is 1.10 bits per heavy atom. The first-order valence-electron chi connectivity index (χ1n) is 7.32. The topological polar surface area (TPSA) is 29.9 Å². The van der Waals surface area contributed by atoms with Gasteiger partial charge in [0.25, 0.3) is 0 Å². The minimum atomic E-state index is -4.41. The van der Waals surface area contributed by atoms with Crippen LogP contribution >= 0.6 is 0 Å². The number of imidazole rings is 1. The second-order valence-corrected chi connectivity index (χ2v) is 6.05. The van der Waals surface area contributed by atoms with E-state index in [2.05, 4.69) is 10.3 Å². The van der Waals surface area contributed by atoms with E-state index in [0.717, 1.165) is 25.7 Å². The minimum Gasteiger partial charge on any atom is -0.317 e. The van der Waals surface area contributed by atoms with E-state index in [1.165, 1.54) is 4.57 Å². The molecule has 3 atom stereocenters. The van der Waals surface area contributed by atoms with Crippen molar-refractivity contribution in [2.75, 3.05) is 0 Å². The minimum absolute atomic E-state index is 0.118. The van der Waals surface area contributed by atoms with E-state index in [9.17, 15) is 13.2 Å². The highest BCUT2D eigenvalue weighted by Gasteiger charge is 2.42. The van der Waals surface area contributed by atoms with Gasteiger partial charge in [-0.1, -0.05) is 12.1 Å². The molecule has 3 nitrogen and oxygen atoms in total. The van der Waals surface area contributed by atoms with Crippen LogP contribution in [0.1, 0.15) is 37.5 Å². The number of hydrogen-bond donors (Lipinski definition) is 1. The lowest BCUT2D eigenvalue weighted by atomic mass is 9.99. The zero-order valence-electron chi connectivity index (χ0n) is 11.4. The highest BCUT2D eigenvalue weighted by molar-refractivity contribution is 5.76. The van der Waals surface area contributed by atoms with Gasteiger partial charge in [0.2, 0.25) is 5.82 Å². The highest BCUT2D eigenvalue weighted by Crippen LogP contribution is 2.40. The monoisotopic (exact) mass is 295 g/mol. The summed E-state index contributed by atoms with van der Waals surface area (Å²) in [7, 11) is 0. The Labute approximate surface area is 120 Å². The normalized spacial score (nSPS) is 29.2. The number of aromatic nitrogens is 2. The maximum Gasteiger partial charge on any atom is 0.449 e. The Kier molecular flexibility index (Phi) is 2.79. The van der Waals surface area contributed by atoms with Crippen molar-refractivity contribution in [1.29, 1.82) is 0 Å². The first-order valence-corrected chi connectivity index (χ1v) is 7.32. The molecule has 1 N–H and O–H groups in total. The van der Waals surface area contributed by atoms with Crippen LogP contribution < -0.4 is 5.32 Å². The van der Waals surface area contributed by atoms with Gasteiger partial charge in [-0.05, 0) is 37.8 Å². The molecule has 2 aliphatic rings. The van der Waals surface area contributed by atoms with Crippen molar-refractivity contribution in [2.24, 2.45) is 0 Å². The lowest BCUT2D eigenvalue weighted by molar-refractivity contribution is -0.147. The third kappa shape index (κ3) is 2.12. The molecule has 3 heterocycles. The van der Waals surface area contributed by atoms with Crippen molar-refractivity contribution in [3.63, 3.8) is 0 Å². The van der Waals surface area contributed by atoms with Gasteiger partial charge in [0, 0.05) is 18.1 Å². The second kappa shape index (κ2) is 4.47. The standard InChI is InChI=1S/C15H16F3N3/c16-15(17,18)14-20-12-3-1-2-4-13(12)21(14)11-7-9-5-6-10(8-11)19-9/h1-4,9-11,19H,5-8H2/t9-,10+,11+. The molecule has 0 amide bonds. The number of hydrogen-bond acceptors (Lipinski definition) is 2. The fraction of sp³-hybridized carbons (Fsp3) is 0.533. The van der Waals surface area contributed by atoms with E-state index < -0.39 is 12.0 Å². The van der Waals surface area contributed by atoms with Crippen LogP contribution in [0.3, 0.4) is 0 Å². The number of nitrogens with zero attached hydrogens (tertiary/aromatic N) is 2. The molecular weight excluding hydrogens is 279 g/mol. The Morgan fingerprint density at radius 3 is 2.43 bits per heavy atom. The predicted octanol–water partition coefficient (Wildman–Crippen LogP) is 3.51. The molecule has 1 aromatic carbocycles. The van der Waals surface area contributed by atoms with Crippen LogP contribution in [0.4, 0.5) is 13.2 Å². The van der Waals surface area contributed by atoms with E-state index in [0.29, 0.717) is 23.1 Å². The lowest BCUT2D eigenvalue weighted by Crippen LogP contribution is -2.39. The number of para-hydroxylation sites is 2. The number of nitrogens with one attached hydrogen (secondary N) is 1. The van der Waals surface area contributed by atoms with E-state index in [1.54, 1.807) is 24.3 Å². The molecule has 2 aliphatic heterocycles. The van der Waals surface area contributed by atoms with Gasteiger partial charge in [-0.25, -0.2) is 4.98 Å². The molecule has 112 valence electrons. The Hall–Kier alpha value is -1.56. The van der Waals surface area contributed by atoms with Gasteiger partial charge in [0.05, 0.1) is 11.0 Å². The number of halogens is 3. The fourth-order valence-corrected chi connectivity index (χ4v) is 3.85. The van der Waals surface area contributed by atoms with Crippen molar-refractivity contribution < 1.29 is 13.2 Å². The zero-order chi connectivity index (χ0) is 14.6. The Morgan fingerprint density at radius 2 is 1.76 bits per heavy atom. The molecule has 2 fully saturated rings. The number of benzene rings is 1. The average molecular weight is 295 g/mol. The van der Waals surface area contributed by atoms with Crippen molar-refractivity contribution >= 4 is 11.0 Å². The highest BCUT2D eigenvalue weighted by atomic mass is 19.4. The largest absolute Gasteiger partial charge is 0.449 e. The number of fused-ring (bicyclic) bond motifs is 3. The van der Waals surface area contributed by atoms with Crippen molar-refractivity contribution in [2.45, 2.75) is 50.0 Å². The van der Waals surface area contributed by atoms with Gasteiger partial charge in [-0.3, -0.25) is 0 Å². The first kappa shape index (κ1) is 13.1. The molecule has 4 rings (SSSR count). The molecule has 2 aromatic rings. The van der Waals surface area contributed by atoms with Gasteiger partial charge in [-0.2, -0.15) is 13.2 Å². The molecule has 6 heteroatoms. The van der Waals surface area contributed by atoms with Crippen molar-refractivity contribution in [3.05, 3.63) is 30.1 Å². The molecule has 0 aliphatic carbocycles. The number of rotatable bonds is 1. The second-order valence-electron chi connectivity index (χ2n) is 6.05. The van der Waals surface area contributed by atoms with Gasteiger partial charge >= 0.3 is 6.18 Å². The van der Waals surface area contributed by atoms with Crippen LogP contribution in [0.2, 0.25) is 0 Å². The van der Waals surface area contributed by atoms with E-state index in [-0.39, 0.29) is 6.04 Å². The maximum atomic E-state index is 13.4. The van der Waals surface area contributed by atoms with Gasteiger partial charge in [0.1, 0.15) is 0 Å². The Balaban J connectivity index is 1.86. The van der Waals surface area contributed by atoms with Gasteiger partial charge in [0.15, 0.2) is 0 Å². The summed E-state index contributed by atoms with van der Waals surface area (Å²) < 4.78 is 41.5. The number of alkyl halides is 3. The third-order valence-electron chi connectivity index (χ3n) is 4.66. The maximum absolute atomic E-state index is 13.4. The summed E-state index contributed by atoms with van der Waals surface area (Å²) in [6.07, 6.45) is -0.785. The van der Waals surface area contributed by atoms with Crippen molar-refractivity contribution in [3.8, 4) is 0 Å². The molecule has 1 aromatic heterocycles. The molecule has 2 bridgehead atoms. The van der Waals surface area contributed by atoms with Gasteiger partial charge < -0.3 is 9.88 Å². The molecular formula is C15H16F3N3. The lowest BCUT2D eigenvalue weighted by Gasteiger charge is -2.31. The fourth-order valence-electron chi connectivity index (χ4n) is 3.85. The molecule has 0 unspecified atom stereocenters. The molecule has 0 spiro atoms. The summed E-state index contributed by atoms with van der Waals surface area (Å²) >= 11 is 0. The summed E-state index contributed by atoms with van der Waals surface area (Å²) in [5, 5.41) is 3.47. The average Bonchev–Trinajstić information content (AvgIpc) is 2.99. The molecule has 21 heavy (non-hydrogen) atoms. The molecule has 2 saturated heterocycles. The van der Waals surface area contributed by atoms with Crippen LogP contribution in [0.5, 0.6) is 0 Å². The smallest absolute Gasteiger partial charge is 0.317 e. The Bertz CT molecular complexity index is 664. The van der Waals surface area contributed by atoms with Gasteiger partial charge in [-0.15, -0.1) is 0 Å². The summed E-state index contributed by atoms with van der Waals surface area (Å²) in [6, 6.07) is 7.46. The van der Waals surface area contributed by atoms with Crippen LogP contribution in [0, 0.1) is 0 Å². The summed E-state index contributed by atoms with van der Waals surface area (Å²) in [5.74, 6) is -0.755. The van der Waals surface area contributed by atoms with Crippen LogP contribution in [0.15, 0.2) is 24.3 Å². The zero-order valence-corrected chi connectivity index (χ0v) is 11.4. The van der Waals surface area contributed by atoms with Crippen LogP contribution in [0.25, 0.3) is 11.0 Å². The summed E-state index contributed by atoms with van der Waals surface area (Å²) in [4.78, 5) is 3.85. The predicted molar refractivity (Wildman–Crippen MR) is 73.0 cm³/mol.